The van der Waals surface area contributed by atoms with Gasteiger partial charge in [-0.25, -0.2) is 0 Å². The summed E-state index contributed by atoms with van der Waals surface area (Å²) in [5.74, 6) is 2.17. The molecule has 2 aromatic heterocycles. The van der Waals surface area contributed by atoms with E-state index in [0.717, 1.165) is 30.0 Å². The number of ether oxygens (including phenoxy) is 2. The second-order valence-electron chi connectivity index (χ2n) is 5.41. The van der Waals surface area contributed by atoms with Gasteiger partial charge in [-0.05, 0) is 36.8 Å². The minimum atomic E-state index is 0.219. The molecular weight excluding hydrogens is 296 g/mol. The Hall–Kier alpha value is -2.67. The summed E-state index contributed by atoms with van der Waals surface area (Å²) in [6.45, 7) is 1.40. The first-order valence-corrected chi connectivity index (χ1v) is 7.45. The monoisotopic (exact) mass is 312 g/mol. The minimum absolute atomic E-state index is 0.219. The Labute approximate surface area is 132 Å². The number of H-pyrrole nitrogens is 1. The summed E-state index contributed by atoms with van der Waals surface area (Å²) in [7, 11) is 1.64. The Morgan fingerprint density at radius 2 is 2.13 bits per heavy atom. The van der Waals surface area contributed by atoms with Gasteiger partial charge in [-0.1, -0.05) is 5.16 Å². The molecule has 118 valence electrons. The first-order chi connectivity index (χ1) is 11.3. The number of hydrogen-bond donors (Lipinski definition) is 1. The Morgan fingerprint density at radius 3 is 2.87 bits per heavy atom. The molecule has 1 aromatic carbocycles. The molecule has 3 heterocycles. The normalized spacial score (nSPS) is 17.5. The third-order valence-electron chi connectivity index (χ3n) is 3.93. The second kappa shape index (κ2) is 5.85. The van der Waals surface area contributed by atoms with Crippen molar-refractivity contribution in [2.45, 2.75) is 12.3 Å². The average molecular weight is 312 g/mol. The highest BCUT2D eigenvalue weighted by Gasteiger charge is 2.24. The van der Waals surface area contributed by atoms with Crippen LogP contribution in [0.2, 0.25) is 0 Å². The zero-order valence-corrected chi connectivity index (χ0v) is 12.7. The smallest absolute Gasteiger partial charge is 0.275 e. The summed E-state index contributed by atoms with van der Waals surface area (Å²) < 4.78 is 15.9. The molecule has 0 aliphatic carbocycles. The zero-order chi connectivity index (χ0) is 15.6. The fourth-order valence-corrected chi connectivity index (χ4v) is 2.59. The second-order valence-corrected chi connectivity index (χ2v) is 5.41. The first kappa shape index (κ1) is 14.0. The maximum absolute atomic E-state index is 5.36. The number of hydrogen-bond acceptors (Lipinski definition) is 6. The van der Waals surface area contributed by atoms with Crippen molar-refractivity contribution in [1.29, 1.82) is 0 Å². The molecule has 1 atom stereocenters. The summed E-state index contributed by atoms with van der Waals surface area (Å²) in [4.78, 5) is 4.45. The lowest BCUT2D eigenvalue weighted by Crippen LogP contribution is -1.99. The molecule has 0 saturated carbocycles. The zero-order valence-electron chi connectivity index (χ0n) is 12.7. The highest BCUT2D eigenvalue weighted by atomic mass is 16.5. The van der Waals surface area contributed by atoms with Crippen molar-refractivity contribution < 1.29 is 14.0 Å². The van der Waals surface area contributed by atoms with Gasteiger partial charge >= 0.3 is 0 Å². The van der Waals surface area contributed by atoms with Crippen LogP contribution in [0.1, 0.15) is 18.2 Å². The lowest BCUT2D eigenvalue weighted by Gasteiger charge is -1.99. The average Bonchev–Trinajstić information content (AvgIpc) is 3.34. The summed E-state index contributed by atoms with van der Waals surface area (Å²) in [6, 6.07) is 9.59. The van der Waals surface area contributed by atoms with E-state index >= 15 is 0 Å². The van der Waals surface area contributed by atoms with Crippen molar-refractivity contribution in [3.05, 3.63) is 36.2 Å². The third-order valence-corrected chi connectivity index (χ3v) is 3.93. The van der Waals surface area contributed by atoms with E-state index < -0.39 is 0 Å². The molecule has 1 aliphatic heterocycles. The van der Waals surface area contributed by atoms with Crippen molar-refractivity contribution >= 4 is 0 Å². The molecule has 3 aromatic rings. The Bertz CT molecular complexity index is 788. The van der Waals surface area contributed by atoms with Gasteiger partial charge in [0, 0.05) is 18.1 Å². The molecule has 0 bridgehead atoms. The van der Waals surface area contributed by atoms with Crippen LogP contribution in [0.3, 0.4) is 0 Å². The Balaban J connectivity index is 1.57. The standard InChI is InChI=1S/C16H16N4O3/c1-21-12-4-2-10(3-5-12)13-8-14(19-18-13)16-17-15(20-23-16)11-6-7-22-9-11/h2-5,8,11H,6-7,9H2,1H3,(H,18,19)/t11-/m1/s1. The predicted molar refractivity (Wildman–Crippen MR) is 82.0 cm³/mol. The van der Waals surface area contributed by atoms with Crippen LogP contribution in [-0.4, -0.2) is 40.7 Å². The van der Waals surface area contributed by atoms with E-state index in [9.17, 15) is 0 Å². The summed E-state index contributed by atoms with van der Waals surface area (Å²) in [5, 5.41) is 11.3. The first-order valence-electron chi connectivity index (χ1n) is 7.45. The van der Waals surface area contributed by atoms with E-state index in [1.807, 2.05) is 30.3 Å². The van der Waals surface area contributed by atoms with Gasteiger partial charge in [-0.15, -0.1) is 0 Å². The molecule has 7 heteroatoms. The highest BCUT2D eigenvalue weighted by molar-refractivity contribution is 5.64. The van der Waals surface area contributed by atoms with Gasteiger partial charge in [0.25, 0.3) is 5.89 Å². The van der Waals surface area contributed by atoms with Crippen molar-refractivity contribution in [3.8, 4) is 28.6 Å². The van der Waals surface area contributed by atoms with E-state index in [0.29, 0.717) is 24.0 Å². The van der Waals surface area contributed by atoms with E-state index in [1.165, 1.54) is 0 Å². The van der Waals surface area contributed by atoms with E-state index in [1.54, 1.807) is 7.11 Å². The van der Waals surface area contributed by atoms with Crippen molar-refractivity contribution in [3.63, 3.8) is 0 Å². The lowest BCUT2D eigenvalue weighted by atomic mass is 10.1. The molecule has 0 amide bonds. The topological polar surface area (TPSA) is 86.1 Å². The predicted octanol–water partition coefficient (Wildman–Crippen LogP) is 2.64. The molecule has 0 spiro atoms. The molecule has 1 N–H and O–H groups in total. The van der Waals surface area contributed by atoms with Crippen molar-refractivity contribution in [2.24, 2.45) is 0 Å². The van der Waals surface area contributed by atoms with Crippen molar-refractivity contribution in [1.82, 2.24) is 20.3 Å². The Morgan fingerprint density at radius 1 is 1.26 bits per heavy atom. The minimum Gasteiger partial charge on any atom is -0.497 e. The third kappa shape index (κ3) is 2.70. The number of rotatable bonds is 4. The largest absolute Gasteiger partial charge is 0.497 e. The van der Waals surface area contributed by atoms with Gasteiger partial charge in [0.05, 0.1) is 19.4 Å². The van der Waals surface area contributed by atoms with Gasteiger partial charge in [-0.3, -0.25) is 5.10 Å². The van der Waals surface area contributed by atoms with Crippen LogP contribution in [0.4, 0.5) is 0 Å². The summed E-state index contributed by atoms with van der Waals surface area (Å²) >= 11 is 0. The molecule has 0 radical (unpaired) electrons. The lowest BCUT2D eigenvalue weighted by molar-refractivity contribution is 0.192. The highest BCUT2D eigenvalue weighted by Crippen LogP contribution is 2.27. The Kier molecular flexibility index (Phi) is 3.55. The summed E-state index contributed by atoms with van der Waals surface area (Å²) in [6.07, 6.45) is 0.930. The maximum Gasteiger partial charge on any atom is 0.275 e. The van der Waals surface area contributed by atoms with Crippen LogP contribution >= 0.6 is 0 Å². The SMILES string of the molecule is COc1ccc(-c2cc(-c3nc([C@@H]4CCOC4)no3)[nH]n2)cc1. The number of nitrogens with one attached hydrogen (secondary N) is 1. The number of methoxy groups -OCH3 is 1. The molecule has 23 heavy (non-hydrogen) atoms. The van der Waals surface area contributed by atoms with Gasteiger partial charge in [0.1, 0.15) is 11.4 Å². The summed E-state index contributed by atoms with van der Waals surface area (Å²) in [5.41, 5.74) is 2.50. The van der Waals surface area contributed by atoms with Crippen LogP contribution in [0.25, 0.3) is 22.8 Å². The molecular formula is C16H16N4O3. The number of benzene rings is 1. The molecule has 1 fully saturated rings. The van der Waals surface area contributed by atoms with Gasteiger partial charge in [0.15, 0.2) is 5.82 Å². The molecule has 4 rings (SSSR count). The quantitative estimate of drug-likeness (QED) is 0.797. The van der Waals surface area contributed by atoms with Crippen LogP contribution in [-0.2, 0) is 4.74 Å². The number of aromatic amines is 1. The number of nitrogens with zero attached hydrogens (tertiary/aromatic N) is 3. The molecule has 0 unspecified atom stereocenters. The van der Waals surface area contributed by atoms with Gasteiger partial charge < -0.3 is 14.0 Å². The van der Waals surface area contributed by atoms with Crippen LogP contribution < -0.4 is 4.74 Å². The van der Waals surface area contributed by atoms with Crippen molar-refractivity contribution in [2.75, 3.05) is 20.3 Å². The van der Waals surface area contributed by atoms with Crippen LogP contribution in [0.15, 0.2) is 34.9 Å². The van der Waals surface area contributed by atoms with Gasteiger partial charge in [0.2, 0.25) is 0 Å². The molecule has 7 nitrogen and oxygen atoms in total. The van der Waals surface area contributed by atoms with E-state index in [2.05, 4.69) is 20.3 Å². The molecule has 1 saturated heterocycles. The van der Waals surface area contributed by atoms with Crippen LogP contribution in [0.5, 0.6) is 5.75 Å². The van der Waals surface area contributed by atoms with Crippen LogP contribution in [0, 0.1) is 0 Å². The molecule has 1 aliphatic rings. The van der Waals surface area contributed by atoms with Gasteiger partial charge in [-0.2, -0.15) is 10.1 Å². The van der Waals surface area contributed by atoms with E-state index in [4.69, 9.17) is 14.0 Å². The maximum atomic E-state index is 5.36. The fraction of sp³-hybridized carbons (Fsp3) is 0.312. The number of aromatic nitrogens is 4. The fourth-order valence-electron chi connectivity index (χ4n) is 2.59. The van der Waals surface area contributed by atoms with E-state index in [-0.39, 0.29) is 5.92 Å².